The van der Waals surface area contributed by atoms with E-state index in [-0.39, 0.29) is 5.41 Å². The van der Waals surface area contributed by atoms with Crippen molar-refractivity contribution in [3.05, 3.63) is 180 Å². The van der Waals surface area contributed by atoms with Crippen molar-refractivity contribution in [3.63, 3.8) is 0 Å². The molecular formula is C48H33N3. The summed E-state index contributed by atoms with van der Waals surface area (Å²) in [6.07, 6.45) is 0. The van der Waals surface area contributed by atoms with Crippen LogP contribution in [0.3, 0.4) is 0 Å². The summed E-state index contributed by atoms with van der Waals surface area (Å²) in [5.74, 6) is 0.692. The number of aromatic nitrogens is 2. The van der Waals surface area contributed by atoms with Crippen LogP contribution >= 0.6 is 0 Å². The minimum atomic E-state index is -0.143. The summed E-state index contributed by atoms with van der Waals surface area (Å²) in [7, 11) is 0. The van der Waals surface area contributed by atoms with Gasteiger partial charge in [-0.15, -0.1) is 0 Å². The first-order chi connectivity index (χ1) is 25.0. The third-order valence-electron chi connectivity index (χ3n) is 10.3. The summed E-state index contributed by atoms with van der Waals surface area (Å²) < 4.78 is 0. The van der Waals surface area contributed by atoms with Crippen LogP contribution in [0.1, 0.15) is 30.5 Å². The highest BCUT2D eigenvalue weighted by Gasteiger charge is 2.37. The van der Waals surface area contributed by atoms with Gasteiger partial charge in [0.1, 0.15) is 0 Å². The standard InChI is InChI=1S/C48H33N3/c1-48(2)42-25-18-31(30-49)26-41(42)46-40(16-9-17-43(46)48)38-15-8-14-37(27-38)33-19-22-35(23-20-33)47-50-44(34-11-4-3-5-12-34)29-45(51-47)39-24-21-32-10-6-7-13-36(32)28-39/h3-29H,1-2H3. The molecule has 0 fully saturated rings. The minimum absolute atomic E-state index is 0.143. The van der Waals surface area contributed by atoms with Crippen LogP contribution in [0.25, 0.3) is 78.1 Å². The zero-order valence-corrected chi connectivity index (χ0v) is 28.4. The lowest BCUT2D eigenvalue weighted by atomic mass is 9.82. The molecule has 7 aromatic carbocycles. The Kier molecular flexibility index (Phi) is 7.19. The highest BCUT2D eigenvalue weighted by atomic mass is 14.9. The monoisotopic (exact) mass is 651 g/mol. The summed E-state index contributed by atoms with van der Waals surface area (Å²) >= 11 is 0. The second-order valence-corrected chi connectivity index (χ2v) is 13.8. The first-order valence-electron chi connectivity index (χ1n) is 17.3. The van der Waals surface area contributed by atoms with E-state index in [4.69, 9.17) is 9.97 Å². The van der Waals surface area contributed by atoms with Gasteiger partial charge in [-0.05, 0) is 85.6 Å². The van der Waals surface area contributed by atoms with Gasteiger partial charge in [0.05, 0.1) is 23.0 Å². The van der Waals surface area contributed by atoms with Crippen LogP contribution in [-0.2, 0) is 5.41 Å². The average molecular weight is 652 g/mol. The van der Waals surface area contributed by atoms with Crippen molar-refractivity contribution in [1.29, 1.82) is 5.26 Å². The number of rotatable bonds is 5. The maximum absolute atomic E-state index is 9.70. The quantitative estimate of drug-likeness (QED) is 0.186. The van der Waals surface area contributed by atoms with E-state index in [1.807, 2.05) is 24.3 Å². The molecule has 1 aliphatic carbocycles. The van der Waals surface area contributed by atoms with Gasteiger partial charge in [0.15, 0.2) is 5.82 Å². The number of nitriles is 1. The summed E-state index contributed by atoms with van der Waals surface area (Å²) in [6.45, 7) is 4.55. The molecule has 240 valence electrons. The average Bonchev–Trinajstić information content (AvgIpc) is 3.43. The van der Waals surface area contributed by atoms with E-state index in [9.17, 15) is 5.26 Å². The second kappa shape index (κ2) is 12.1. The number of hydrogen-bond acceptors (Lipinski definition) is 3. The van der Waals surface area contributed by atoms with Crippen LogP contribution < -0.4 is 0 Å². The largest absolute Gasteiger partial charge is 0.228 e. The van der Waals surface area contributed by atoms with Crippen LogP contribution in [-0.4, -0.2) is 9.97 Å². The van der Waals surface area contributed by atoms with Gasteiger partial charge in [-0.3, -0.25) is 0 Å². The highest BCUT2D eigenvalue weighted by Crippen LogP contribution is 2.52. The summed E-state index contributed by atoms with van der Waals surface area (Å²) in [5.41, 5.74) is 14.9. The molecule has 0 amide bonds. The Hall–Kier alpha value is -6.63. The van der Waals surface area contributed by atoms with Crippen LogP contribution in [0.4, 0.5) is 0 Å². The van der Waals surface area contributed by atoms with Crippen LogP contribution in [0, 0.1) is 11.3 Å². The summed E-state index contributed by atoms with van der Waals surface area (Å²) in [6, 6.07) is 59.7. The Bertz CT molecular complexity index is 2660. The smallest absolute Gasteiger partial charge is 0.160 e. The normalized spacial score (nSPS) is 12.6. The van der Waals surface area contributed by atoms with Gasteiger partial charge < -0.3 is 0 Å². The molecule has 1 aromatic heterocycles. The lowest BCUT2D eigenvalue weighted by Crippen LogP contribution is -2.14. The van der Waals surface area contributed by atoms with Crippen molar-refractivity contribution >= 4 is 10.8 Å². The first-order valence-corrected chi connectivity index (χ1v) is 17.3. The molecule has 8 aromatic rings. The number of hydrogen-bond donors (Lipinski definition) is 0. The van der Waals surface area contributed by atoms with Crippen LogP contribution in [0.2, 0.25) is 0 Å². The van der Waals surface area contributed by atoms with Gasteiger partial charge >= 0.3 is 0 Å². The molecule has 3 heteroatoms. The van der Waals surface area contributed by atoms with E-state index < -0.39 is 0 Å². The molecule has 0 bridgehead atoms. The van der Waals surface area contributed by atoms with Crippen molar-refractivity contribution in [3.8, 4) is 73.4 Å². The molecule has 0 unspecified atom stereocenters. The minimum Gasteiger partial charge on any atom is -0.228 e. The van der Waals surface area contributed by atoms with Crippen molar-refractivity contribution in [2.24, 2.45) is 0 Å². The topological polar surface area (TPSA) is 49.6 Å². The maximum atomic E-state index is 9.70. The fraction of sp³-hybridized carbons (Fsp3) is 0.0625. The Morgan fingerprint density at radius 2 is 1.12 bits per heavy atom. The van der Waals surface area contributed by atoms with E-state index >= 15 is 0 Å². The molecule has 0 N–H and O–H groups in total. The Morgan fingerprint density at radius 3 is 1.92 bits per heavy atom. The second-order valence-electron chi connectivity index (χ2n) is 13.8. The fourth-order valence-electron chi connectivity index (χ4n) is 7.62. The van der Waals surface area contributed by atoms with Crippen molar-refractivity contribution in [1.82, 2.24) is 9.97 Å². The maximum Gasteiger partial charge on any atom is 0.160 e. The first kappa shape index (κ1) is 30.4. The number of fused-ring (bicyclic) bond motifs is 4. The van der Waals surface area contributed by atoms with Gasteiger partial charge in [-0.25, -0.2) is 9.97 Å². The third kappa shape index (κ3) is 5.30. The molecule has 0 spiro atoms. The number of nitrogens with zero attached hydrogens (tertiary/aromatic N) is 3. The molecule has 0 aliphatic heterocycles. The van der Waals surface area contributed by atoms with Crippen molar-refractivity contribution < 1.29 is 0 Å². The lowest BCUT2D eigenvalue weighted by Gasteiger charge is -2.21. The fourth-order valence-corrected chi connectivity index (χ4v) is 7.62. The SMILES string of the molecule is CC1(C)c2ccc(C#N)cc2-c2c(-c3cccc(-c4ccc(-c5nc(-c6ccccc6)cc(-c6ccc7ccccc7c6)n5)cc4)c3)cccc21. The summed E-state index contributed by atoms with van der Waals surface area (Å²) in [5, 5.41) is 12.1. The zero-order chi connectivity index (χ0) is 34.5. The van der Waals surface area contributed by atoms with Gasteiger partial charge in [-0.1, -0.05) is 147 Å². The molecular weight excluding hydrogens is 619 g/mol. The molecule has 1 heterocycles. The Morgan fingerprint density at radius 1 is 0.451 bits per heavy atom. The van der Waals surface area contributed by atoms with Crippen LogP contribution in [0.5, 0.6) is 0 Å². The molecule has 1 aliphatic rings. The summed E-state index contributed by atoms with van der Waals surface area (Å²) in [4.78, 5) is 10.2. The molecule has 0 radical (unpaired) electrons. The van der Waals surface area contributed by atoms with Gasteiger partial charge in [0.25, 0.3) is 0 Å². The molecule has 0 saturated heterocycles. The Labute approximate surface area is 298 Å². The van der Waals surface area contributed by atoms with E-state index in [2.05, 4.69) is 159 Å². The number of benzene rings is 7. The van der Waals surface area contributed by atoms with Gasteiger partial charge in [0.2, 0.25) is 0 Å². The Balaban J connectivity index is 1.10. The lowest BCUT2D eigenvalue weighted by molar-refractivity contribution is 0.660. The highest BCUT2D eigenvalue weighted by molar-refractivity contribution is 5.94. The zero-order valence-electron chi connectivity index (χ0n) is 28.4. The molecule has 0 atom stereocenters. The van der Waals surface area contributed by atoms with E-state index in [1.54, 1.807) is 0 Å². The van der Waals surface area contributed by atoms with Crippen molar-refractivity contribution in [2.45, 2.75) is 19.3 Å². The molecule has 51 heavy (non-hydrogen) atoms. The molecule has 9 rings (SSSR count). The van der Waals surface area contributed by atoms with Gasteiger partial charge in [0, 0.05) is 22.1 Å². The van der Waals surface area contributed by atoms with E-state index in [0.29, 0.717) is 11.4 Å². The van der Waals surface area contributed by atoms with E-state index in [0.717, 1.165) is 50.3 Å². The third-order valence-corrected chi connectivity index (χ3v) is 10.3. The molecule has 0 saturated carbocycles. The van der Waals surface area contributed by atoms with Crippen molar-refractivity contribution in [2.75, 3.05) is 0 Å². The van der Waals surface area contributed by atoms with Gasteiger partial charge in [-0.2, -0.15) is 5.26 Å². The van der Waals surface area contributed by atoms with E-state index in [1.165, 1.54) is 33.0 Å². The van der Waals surface area contributed by atoms with Crippen LogP contribution in [0.15, 0.2) is 164 Å². The molecule has 3 nitrogen and oxygen atoms in total. The predicted octanol–water partition coefficient (Wildman–Crippen LogP) is 12.1. The predicted molar refractivity (Wildman–Crippen MR) is 209 cm³/mol.